The fourth-order valence-electron chi connectivity index (χ4n) is 3.66. The van der Waals surface area contributed by atoms with Gasteiger partial charge < -0.3 is 24.6 Å². The van der Waals surface area contributed by atoms with Gasteiger partial charge in [0.25, 0.3) is 0 Å². The number of carbonyl (C=O) groups is 1. The normalized spacial score (nSPS) is 24.6. The highest BCUT2D eigenvalue weighted by molar-refractivity contribution is 14.0. The van der Waals surface area contributed by atoms with E-state index < -0.39 is 5.60 Å². The van der Waals surface area contributed by atoms with Gasteiger partial charge in [-0.05, 0) is 39.9 Å². The Morgan fingerprint density at radius 2 is 2.07 bits per heavy atom. The zero-order chi connectivity index (χ0) is 18.8. The van der Waals surface area contributed by atoms with Gasteiger partial charge in [0.15, 0.2) is 5.96 Å². The number of ether oxygens (including phenoxy) is 2. The first-order valence-corrected chi connectivity index (χ1v) is 10.7. The van der Waals surface area contributed by atoms with Crippen LogP contribution >= 0.6 is 35.7 Å². The van der Waals surface area contributed by atoms with Crippen molar-refractivity contribution >= 4 is 47.8 Å². The fourth-order valence-corrected chi connectivity index (χ4v) is 4.45. The van der Waals surface area contributed by atoms with Gasteiger partial charge in [-0.1, -0.05) is 0 Å². The van der Waals surface area contributed by atoms with Gasteiger partial charge in [-0.3, -0.25) is 4.99 Å². The second-order valence-electron chi connectivity index (χ2n) is 8.29. The van der Waals surface area contributed by atoms with Crippen LogP contribution in [0.1, 0.15) is 33.6 Å². The molecule has 2 fully saturated rings. The number of fused-ring (bicyclic) bond motifs is 1. The van der Waals surface area contributed by atoms with Crippen molar-refractivity contribution in [3.63, 3.8) is 0 Å². The largest absolute Gasteiger partial charge is 0.444 e. The van der Waals surface area contributed by atoms with Crippen molar-refractivity contribution in [2.24, 2.45) is 4.99 Å². The summed E-state index contributed by atoms with van der Waals surface area (Å²) in [6.45, 7) is 11.2. The molecule has 2 saturated heterocycles. The van der Waals surface area contributed by atoms with E-state index in [0.29, 0.717) is 13.1 Å². The molecule has 1 N–H and O–H groups in total. The minimum atomic E-state index is -0.455. The Morgan fingerprint density at radius 3 is 2.70 bits per heavy atom. The van der Waals surface area contributed by atoms with E-state index in [4.69, 9.17) is 14.5 Å². The van der Waals surface area contributed by atoms with Crippen LogP contribution in [0.4, 0.5) is 4.79 Å². The third kappa shape index (κ3) is 5.79. The first-order chi connectivity index (χ1) is 12.3. The molecule has 3 rings (SSSR count). The van der Waals surface area contributed by atoms with Gasteiger partial charge in [-0.25, -0.2) is 4.79 Å². The molecule has 0 aromatic carbocycles. The van der Waals surface area contributed by atoms with E-state index >= 15 is 0 Å². The van der Waals surface area contributed by atoms with Crippen molar-refractivity contribution in [2.45, 2.75) is 50.0 Å². The molecule has 0 bridgehead atoms. The van der Waals surface area contributed by atoms with Crippen LogP contribution in [0.15, 0.2) is 4.99 Å². The average molecular weight is 512 g/mol. The molecule has 9 heteroatoms. The van der Waals surface area contributed by atoms with Crippen molar-refractivity contribution in [3.8, 4) is 0 Å². The highest BCUT2D eigenvalue weighted by Crippen LogP contribution is 2.33. The predicted octanol–water partition coefficient (Wildman–Crippen LogP) is 2.40. The van der Waals surface area contributed by atoms with Crippen LogP contribution in [0.25, 0.3) is 0 Å². The molecule has 0 radical (unpaired) electrons. The number of carbonyl (C=O) groups excluding carboxylic acids is 1. The molecule has 0 aromatic rings. The molecule has 0 aliphatic carbocycles. The predicted molar refractivity (Wildman–Crippen MR) is 120 cm³/mol. The first kappa shape index (κ1) is 22.9. The van der Waals surface area contributed by atoms with E-state index in [0.717, 1.165) is 51.6 Å². The van der Waals surface area contributed by atoms with E-state index in [2.05, 4.69) is 16.5 Å². The van der Waals surface area contributed by atoms with E-state index in [1.54, 1.807) is 0 Å². The molecule has 1 atom stereocenters. The van der Waals surface area contributed by atoms with E-state index in [1.807, 2.05) is 37.4 Å². The van der Waals surface area contributed by atoms with E-state index in [-0.39, 0.29) is 40.9 Å². The molecule has 1 amide bonds. The van der Waals surface area contributed by atoms with Gasteiger partial charge in [0.1, 0.15) is 5.60 Å². The summed E-state index contributed by atoms with van der Waals surface area (Å²) < 4.78 is 11.3. The summed E-state index contributed by atoms with van der Waals surface area (Å²) in [6.07, 6.45) is 4.11. The van der Waals surface area contributed by atoms with Crippen LogP contribution in [-0.2, 0) is 9.47 Å². The Morgan fingerprint density at radius 1 is 1.37 bits per heavy atom. The average Bonchev–Trinajstić information content (AvgIpc) is 3.01. The third-order valence-corrected chi connectivity index (χ3v) is 6.68. The molecule has 3 aliphatic heterocycles. The lowest BCUT2D eigenvalue weighted by atomic mass is 9.99. The fraction of sp³-hybridized carbons (Fsp3) is 0.889. The zero-order valence-corrected chi connectivity index (χ0v) is 20.0. The van der Waals surface area contributed by atoms with Crippen LogP contribution in [0.2, 0.25) is 0 Å². The maximum atomic E-state index is 12.3. The lowest BCUT2D eigenvalue weighted by Crippen LogP contribution is -2.58. The van der Waals surface area contributed by atoms with Gasteiger partial charge in [0, 0.05) is 44.1 Å². The Balaban J connectivity index is 0.00000261. The van der Waals surface area contributed by atoms with Gasteiger partial charge in [-0.2, -0.15) is 11.8 Å². The molecule has 3 aliphatic rings. The van der Waals surface area contributed by atoms with Crippen molar-refractivity contribution in [1.29, 1.82) is 0 Å². The van der Waals surface area contributed by atoms with Gasteiger partial charge >= 0.3 is 6.09 Å². The number of nitrogens with one attached hydrogen (secondary N) is 1. The minimum Gasteiger partial charge on any atom is -0.444 e. The van der Waals surface area contributed by atoms with Crippen LogP contribution in [0, 0.1) is 0 Å². The molecule has 27 heavy (non-hydrogen) atoms. The number of thioether (sulfide) groups is 1. The van der Waals surface area contributed by atoms with Crippen LogP contribution in [0.3, 0.4) is 0 Å². The summed E-state index contributed by atoms with van der Waals surface area (Å²) in [5.74, 6) is 0.985. The number of piperazine rings is 1. The second kappa shape index (κ2) is 9.39. The topological polar surface area (TPSA) is 66.4 Å². The van der Waals surface area contributed by atoms with Crippen molar-refractivity contribution in [1.82, 2.24) is 15.1 Å². The summed E-state index contributed by atoms with van der Waals surface area (Å²) in [5, 5.41) is 3.59. The first-order valence-electron chi connectivity index (χ1n) is 9.48. The standard InChI is InChI=1S/C18H32N4O3S.HI/c1-17(2,3)25-16(23)21-7-8-22-14(12-21)11-19-15(22)20-13-18(26-4)5-9-24-10-6-18;/h14H,5-13H2,1-4H3,(H,19,20);1H. The van der Waals surface area contributed by atoms with E-state index in [1.165, 1.54) is 0 Å². The number of halogens is 1. The quantitative estimate of drug-likeness (QED) is 0.587. The minimum absolute atomic E-state index is 0. The lowest BCUT2D eigenvalue weighted by Gasteiger charge is -2.40. The SMILES string of the molecule is CSC1(CNC2=NCC3CN(C(=O)OC(C)(C)C)CCN23)CCOCC1.I. The molecule has 7 nitrogen and oxygen atoms in total. The molecule has 0 aromatic heterocycles. The third-order valence-electron chi connectivity index (χ3n) is 5.26. The summed E-state index contributed by atoms with van der Waals surface area (Å²) >= 11 is 1.93. The lowest BCUT2D eigenvalue weighted by molar-refractivity contribution is 0.0137. The highest BCUT2D eigenvalue weighted by Gasteiger charge is 2.38. The highest BCUT2D eigenvalue weighted by atomic mass is 127. The van der Waals surface area contributed by atoms with Crippen molar-refractivity contribution in [2.75, 3.05) is 52.2 Å². The molecule has 1 unspecified atom stereocenters. The summed E-state index contributed by atoms with van der Waals surface area (Å²) in [6, 6.07) is 0.249. The van der Waals surface area contributed by atoms with Crippen LogP contribution in [0.5, 0.6) is 0 Å². The summed E-state index contributed by atoms with van der Waals surface area (Å²) in [7, 11) is 0. The van der Waals surface area contributed by atoms with E-state index in [9.17, 15) is 4.79 Å². The second-order valence-corrected chi connectivity index (χ2v) is 9.57. The summed E-state index contributed by atoms with van der Waals surface area (Å²) in [4.78, 5) is 21.2. The number of amides is 1. The number of rotatable bonds is 3. The molecule has 156 valence electrons. The Bertz CT molecular complexity index is 549. The number of guanidine groups is 1. The van der Waals surface area contributed by atoms with Crippen LogP contribution < -0.4 is 5.32 Å². The Hall–Kier alpha value is -0.420. The maximum Gasteiger partial charge on any atom is 0.410 e. The number of nitrogens with zero attached hydrogens (tertiary/aromatic N) is 3. The smallest absolute Gasteiger partial charge is 0.410 e. The monoisotopic (exact) mass is 512 g/mol. The maximum absolute atomic E-state index is 12.3. The number of aliphatic imine (C=N–C) groups is 1. The zero-order valence-electron chi connectivity index (χ0n) is 16.8. The molecular weight excluding hydrogens is 479 g/mol. The Kier molecular flexibility index (Phi) is 7.95. The number of hydrogen-bond acceptors (Lipinski definition) is 7. The van der Waals surface area contributed by atoms with Crippen molar-refractivity contribution in [3.05, 3.63) is 0 Å². The van der Waals surface area contributed by atoms with Crippen molar-refractivity contribution < 1.29 is 14.3 Å². The molecular formula is C18H33IN4O3S. The Labute approximate surface area is 184 Å². The number of hydrogen-bond donors (Lipinski definition) is 1. The van der Waals surface area contributed by atoms with Gasteiger partial charge in [0.2, 0.25) is 0 Å². The molecule has 0 saturated carbocycles. The van der Waals surface area contributed by atoms with Gasteiger partial charge in [0.05, 0.1) is 12.6 Å². The van der Waals surface area contributed by atoms with Gasteiger partial charge in [-0.15, -0.1) is 24.0 Å². The summed E-state index contributed by atoms with van der Waals surface area (Å²) in [5.41, 5.74) is -0.455. The van der Waals surface area contributed by atoms with Crippen LogP contribution in [-0.4, -0.2) is 90.4 Å². The molecule has 3 heterocycles. The molecule has 0 spiro atoms.